The van der Waals surface area contributed by atoms with Crippen molar-refractivity contribution in [1.82, 2.24) is 15.1 Å². The van der Waals surface area contributed by atoms with Crippen molar-refractivity contribution in [3.05, 3.63) is 58.0 Å². The molecule has 1 aliphatic carbocycles. The normalized spacial score (nSPS) is 13.8. The first-order chi connectivity index (χ1) is 19.2. The van der Waals surface area contributed by atoms with Crippen LogP contribution in [0.25, 0.3) is 11.1 Å². The van der Waals surface area contributed by atoms with Crippen LogP contribution < -0.4 is 35.6 Å². The second-order valence-electron chi connectivity index (χ2n) is 9.58. The lowest BCUT2D eigenvalue weighted by Crippen LogP contribution is -2.26. The third-order valence-electron chi connectivity index (χ3n) is 6.80. The summed E-state index contributed by atoms with van der Waals surface area (Å²) in [5, 5.41) is 13.0. The van der Waals surface area contributed by atoms with Crippen LogP contribution in [0.3, 0.4) is 0 Å². The zero-order chi connectivity index (χ0) is 28.8. The van der Waals surface area contributed by atoms with E-state index in [-0.39, 0.29) is 29.7 Å². The van der Waals surface area contributed by atoms with E-state index in [0.29, 0.717) is 60.0 Å². The van der Waals surface area contributed by atoms with Crippen molar-refractivity contribution in [1.29, 1.82) is 0 Å². The fourth-order valence-corrected chi connectivity index (χ4v) is 5.04. The van der Waals surface area contributed by atoms with Crippen molar-refractivity contribution in [2.75, 3.05) is 38.5 Å². The van der Waals surface area contributed by atoms with Gasteiger partial charge >= 0.3 is 0 Å². The molecule has 2 amide bonds. The van der Waals surface area contributed by atoms with E-state index < -0.39 is 0 Å². The Bertz CT molecular complexity index is 1470. The predicted octanol–water partition coefficient (Wildman–Crippen LogP) is 3.43. The van der Waals surface area contributed by atoms with E-state index in [2.05, 4.69) is 21.0 Å². The van der Waals surface area contributed by atoms with Crippen LogP contribution in [0.15, 0.2) is 41.5 Å². The molecular formula is C29H35N5O6. The number of hydrogen-bond acceptors (Lipinski definition) is 8. The Hall–Kier alpha value is -4.54. The number of rotatable bonds is 10. The molecule has 0 aliphatic heterocycles. The highest BCUT2D eigenvalue weighted by Gasteiger charge is 2.29. The predicted molar refractivity (Wildman–Crippen MR) is 152 cm³/mol. The summed E-state index contributed by atoms with van der Waals surface area (Å²) in [6.45, 7) is 1.88. The van der Waals surface area contributed by atoms with E-state index in [4.69, 9.17) is 14.2 Å². The summed E-state index contributed by atoms with van der Waals surface area (Å²) in [6, 6.07) is 6.69. The number of nitrogens with zero attached hydrogens (tertiary/aromatic N) is 2. The molecule has 0 bridgehead atoms. The molecule has 2 aromatic carbocycles. The number of amides is 2. The summed E-state index contributed by atoms with van der Waals surface area (Å²) in [4.78, 5) is 37.7. The highest BCUT2D eigenvalue weighted by atomic mass is 16.5. The number of carbonyl (C=O) groups is 2. The van der Waals surface area contributed by atoms with Crippen molar-refractivity contribution in [3.63, 3.8) is 0 Å². The van der Waals surface area contributed by atoms with Gasteiger partial charge in [-0.15, -0.1) is 0 Å². The molecule has 1 heterocycles. The number of aryl methyl sites for hydroxylation is 2. The summed E-state index contributed by atoms with van der Waals surface area (Å²) in [6.07, 6.45) is 5.31. The lowest BCUT2D eigenvalue weighted by atomic mass is 9.95. The number of ether oxygens (including phenoxy) is 3. The molecule has 1 atom stereocenters. The highest BCUT2D eigenvalue weighted by molar-refractivity contribution is 5.90. The maximum absolute atomic E-state index is 13.4. The number of methoxy groups -OCH3 is 3. The third-order valence-corrected chi connectivity index (χ3v) is 6.80. The summed E-state index contributed by atoms with van der Waals surface area (Å²) >= 11 is 0. The van der Waals surface area contributed by atoms with Gasteiger partial charge in [-0.3, -0.25) is 19.1 Å². The molecule has 1 aliphatic rings. The molecule has 0 radical (unpaired) electrons. The van der Waals surface area contributed by atoms with Crippen LogP contribution in [0, 0.1) is 0 Å². The van der Waals surface area contributed by atoms with Crippen LogP contribution in [0.5, 0.6) is 17.2 Å². The Morgan fingerprint density at radius 1 is 1.10 bits per heavy atom. The number of anilines is 2. The van der Waals surface area contributed by atoms with Crippen LogP contribution in [-0.4, -0.2) is 49.5 Å². The van der Waals surface area contributed by atoms with Crippen molar-refractivity contribution < 1.29 is 23.8 Å². The lowest BCUT2D eigenvalue weighted by Gasteiger charge is -2.19. The maximum Gasteiger partial charge on any atom is 0.224 e. The molecular weight excluding hydrogens is 514 g/mol. The van der Waals surface area contributed by atoms with Gasteiger partial charge in [0, 0.05) is 38.7 Å². The lowest BCUT2D eigenvalue weighted by molar-refractivity contribution is -0.119. The summed E-state index contributed by atoms with van der Waals surface area (Å²) in [5.41, 5.74) is 3.99. The first-order valence-electron chi connectivity index (χ1n) is 13.1. The molecule has 0 spiro atoms. The van der Waals surface area contributed by atoms with Crippen LogP contribution in [-0.2, 0) is 23.1 Å². The largest absolute Gasteiger partial charge is 0.493 e. The molecule has 212 valence electrons. The van der Waals surface area contributed by atoms with E-state index in [1.165, 1.54) is 6.92 Å². The van der Waals surface area contributed by atoms with Gasteiger partial charge in [-0.25, -0.2) is 0 Å². The zero-order valence-electron chi connectivity index (χ0n) is 23.4. The standard InChI is InChI=1S/C29H35N5O6/c1-17(35)32-22-10-8-18-13-25(38-3)28(39-4)29(40-5)27(18)20-9-11-23(24(36)14-21(20)22)30-12-6-7-26(37)33-19-15-31-34(2)16-19/h9,11,13-16,22H,6-8,10,12H2,1-5H3,(H,30,36)(H,32,35)(H,33,37). The molecule has 0 saturated carbocycles. The monoisotopic (exact) mass is 549 g/mol. The highest BCUT2D eigenvalue weighted by Crippen LogP contribution is 2.50. The Kier molecular flexibility index (Phi) is 8.93. The quantitative estimate of drug-likeness (QED) is 0.328. The van der Waals surface area contributed by atoms with Crippen LogP contribution in [0.4, 0.5) is 11.4 Å². The molecule has 1 unspecified atom stereocenters. The average molecular weight is 550 g/mol. The molecule has 3 N–H and O–H groups in total. The molecule has 3 aromatic rings. The van der Waals surface area contributed by atoms with Crippen LogP contribution in [0.2, 0.25) is 0 Å². The minimum absolute atomic E-state index is 0.131. The van der Waals surface area contributed by atoms with Crippen molar-refractivity contribution >= 4 is 23.2 Å². The average Bonchev–Trinajstić information content (AvgIpc) is 3.19. The number of hydrogen-bond donors (Lipinski definition) is 3. The number of benzene rings is 1. The van der Waals surface area contributed by atoms with E-state index in [9.17, 15) is 14.4 Å². The topological polar surface area (TPSA) is 133 Å². The summed E-state index contributed by atoms with van der Waals surface area (Å²) in [7, 11) is 6.45. The Balaban J connectivity index is 1.65. The van der Waals surface area contributed by atoms with Gasteiger partial charge in [0.2, 0.25) is 23.0 Å². The Morgan fingerprint density at radius 3 is 2.52 bits per heavy atom. The zero-order valence-corrected chi connectivity index (χ0v) is 23.4. The number of nitrogens with one attached hydrogen (secondary N) is 3. The molecule has 40 heavy (non-hydrogen) atoms. The number of fused-ring (bicyclic) bond motifs is 3. The molecule has 0 fully saturated rings. The molecule has 4 rings (SSSR count). The van der Waals surface area contributed by atoms with Gasteiger partial charge in [0.05, 0.1) is 44.9 Å². The molecule has 0 saturated heterocycles. The number of carbonyl (C=O) groups excluding carboxylic acids is 2. The first-order valence-corrected chi connectivity index (χ1v) is 13.1. The smallest absolute Gasteiger partial charge is 0.224 e. The fraction of sp³-hybridized carbons (Fsp3) is 0.379. The Morgan fingerprint density at radius 2 is 1.88 bits per heavy atom. The van der Waals surface area contributed by atoms with E-state index >= 15 is 0 Å². The molecule has 11 heteroatoms. The molecule has 1 aromatic heterocycles. The van der Waals surface area contributed by atoms with Gasteiger partial charge in [0.25, 0.3) is 0 Å². The second kappa shape index (κ2) is 12.5. The first kappa shape index (κ1) is 28.5. The van der Waals surface area contributed by atoms with Crippen molar-refractivity contribution in [2.24, 2.45) is 7.05 Å². The van der Waals surface area contributed by atoms with Gasteiger partial charge in [0.15, 0.2) is 11.5 Å². The Labute approximate surface area is 232 Å². The maximum atomic E-state index is 13.4. The van der Waals surface area contributed by atoms with Gasteiger partial charge in [-0.2, -0.15) is 5.10 Å². The van der Waals surface area contributed by atoms with Crippen LogP contribution in [0.1, 0.15) is 43.4 Å². The second-order valence-corrected chi connectivity index (χ2v) is 9.58. The van der Waals surface area contributed by atoms with E-state index in [1.807, 2.05) is 12.1 Å². The van der Waals surface area contributed by atoms with Gasteiger partial charge in [-0.1, -0.05) is 6.07 Å². The van der Waals surface area contributed by atoms with Crippen molar-refractivity contribution in [2.45, 2.75) is 38.6 Å². The van der Waals surface area contributed by atoms with E-state index in [1.54, 1.807) is 57.6 Å². The van der Waals surface area contributed by atoms with Crippen molar-refractivity contribution in [3.8, 4) is 28.4 Å². The van der Waals surface area contributed by atoms with Crippen LogP contribution >= 0.6 is 0 Å². The minimum atomic E-state index is -0.384. The number of aromatic nitrogens is 2. The van der Waals surface area contributed by atoms with Gasteiger partial charge in [-0.05, 0) is 54.2 Å². The van der Waals surface area contributed by atoms with E-state index in [0.717, 1.165) is 16.7 Å². The molecule has 11 nitrogen and oxygen atoms in total. The minimum Gasteiger partial charge on any atom is -0.493 e. The fourth-order valence-electron chi connectivity index (χ4n) is 5.04. The van der Waals surface area contributed by atoms with Gasteiger partial charge < -0.3 is 30.2 Å². The third kappa shape index (κ3) is 6.19. The SMILES string of the molecule is COc1cc2c(c(OC)c1OC)-c1ccc(NCCCC(=O)Nc3cnn(C)c3)c(=O)cc1C(NC(C)=O)CC2. The summed E-state index contributed by atoms with van der Waals surface area (Å²) < 4.78 is 18.6. The summed E-state index contributed by atoms with van der Waals surface area (Å²) in [5.74, 6) is 1.16. The van der Waals surface area contributed by atoms with Gasteiger partial charge in [0.1, 0.15) is 0 Å².